The number of carbonyl (C=O) groups is 1. The van der Waals surface area contributed by atoms with Gasteiger partial charge in [-0.3, -0.25) is 4.79 Å². The second-order valence-corrected chi connectivity index (χ2v) is 6.62. The number of halogens is 1. The minimum Gasteiger partial charge on any atom is -0.344 e. The third-order valence-corrected chi connectivity index (χ3v) is 4.76. The highest BCUT2D eigenvalue weighted by Gasteiger charge is 2.18. The molecule has 27 heavy (non-hydrogen) atoms. The zero-order chi connectivity index (χ0) is 18.6. The lowest BCUT2D eigenvalue weighted by Gasteiger charge is -2.02. The van der Waals surface area contributed by atoms with Crippen LogP contribution in [0.1, 0.15) is 15.5 Å². The number of nitrogens with zero attached hydrogens (tertiary/aromatic N) is 3. The number of hydrogen-bond acceptors (Lipinski definition) is 5. The van der Waals surface area contributed by atoms with Gasteiger partial charge >= 0.3 is 0 Å². The second kappa shape index (κ2) is 7.46. The van der Waals surface area contributed by atoms with Crippen LogP contribution in [0.3, 0.4) is 0 Å². The van der Waals surface area contributed by atoms with Gasteiger partial charge in [0.2, 0.25) is 0 Å². The number of benzene rings is 2. The van der Waals surface area contributed by atoms with Crippen molar-refractivity contribution in [1.29, 1.82) is 0 Å². The molecule has 8 heteroatoms. The Labute approximate surface area is 158 Å². The minimum atomic E-state index is -0.356. The second-order valence-electron chi connectivity index (χ2n) is 5.68. The maximum Gasteiger partial charge on any atom is 0.274 e. The molecule has 6 nitrogen and oxygen atoms in total. The molecule has 0 aliphatic carbocycles. The molecule has 4 rings (SSSR count). The quantitative estimate of drug-likeness (QED) is 0.554. The van der Waals surface area contributed by atoms with E-state index in [0.29, 0.717) is 22.0 Å². The van der Waals surface area contributed by atoms with E-state index in [1.54, 1.807) is 23.6 Å². The normalized spacial score (nSPS) is 10.7. The summed E-state index contributed by atoms with van der Waals surface area (Å²) < 4.78 is 13.9. The summed E-state index contributed by atoms with van der Waals surface area (Å²) in [6.45, 7) is 0.221. The maximum absolute atomic E-state index is 13.9. The number of aromatic amines is 1. The van der Waals surface area contributed by atoms with Crippen molar-refractivity contribution in [2.24, 2.45) is 0 Å². The van der Waals surface area contributed by atoms with E-state index in [9.17, 15) is 9.18 Å². The van der Waals surface area contributed by atoms with Crippen molar-refractivity contribution in [3.05, 3.63) is 76.5 Å². The van der Waals surface area contributed by atoms with Gasteiger partial charge in [-0.2, -0.15) is 15.4 Å². The molecule has 1 amide bonds. The molecule has 0 atom stereocenters. The van der Waals surface area contributed by atoms with Crippen LogP contribution in [0.2, 0.25) is 0 Å². The summed E-state index contributed by atoms with van der Waals surface area (Å²) in [5, 5.41) is 15.7. The lowest BCUT2D eigenvalue weighted by molar-refractivity contribution is 0.0946. The first-order chi connectivity index (χ1) is 13.2. The Hall–Kier alpha value is -3.39. The minimum absolute atomic E-state index is 0.215. The average Bonchev–Trinajstić information content (AvgIpc) is 3.37. The molecule has 4 aromatic rings. The molecule has 0 fully saturated rings. The van der Waals surface area contributed by atoms with Gasteiger partial charge in [0.05, 0.1) is 12.2 Å². The monoisotopic (exact) mass is 379 g/mol. The number of amides is 1. The van der Waals surface area contributed by atoms with Crippen molar-refractivity contribution in [2.45, 2.75) is 6.54 Å². The SMILES string of the molecule is O=C(NCc1nc(-c2ccccc2F)cs1)c1n[nH]nc1-c1ccccc1. The molecule has 2 heterocycles. The number of rotatable bonds is 5. The van der Waals surface area contributed by atoms with Gasteiger partial charge in [0.1, 0.15) is 16.5 Å². The number of hydrogen-bond donors (Lipinski definition) is 2. The molecule has 2 N–H and O–H groups in total. The fraction of sp³-hybridized carbons (Fsp3) is 0.0526. The fourth-order valence-corrected chi connectivity index (χ4v) is 3.34. The Bertz CT molecular complexity index is 1080. The molecule has 0 saturated heterocycles. The van der Waals surface area contributed by atoms with Gasteiger partial charge in [-0.15, -0.1) is 11.3 Å². The van der Waals surface area contributed by atoms with Gasteiger partial charge in [0.25, 0.3) is 5.91 Å². The van der Waals surface area contributed by atoms with Gasteiger partial charge in [0.15, 0.2) is 5.69 Å². The predicted molar refractivity (Wildman–Crippen MR) is 100 cm³/mol. The van der Waals surface area contributed by atoms with Crippen molar-refractivity contribution in [3.8, 4) is 22.5 Å². The van der Waals surface area contributed by atoms with Crippen LogP contribution >= 0.6 is 11.3 Å². The zero-order valence-corrected chi connectivity index (χ0v) is 14.8. The van der Waals surface area contributed by atoms with Crippen LogP contribution < -0.4 is 5.32 Å². The zero-order valence-electron chi connectivity index (χ0n) is 14.0. The van der Waals surface area contributed by atoms with E-state index in [1.807, 2.05) is 30.3 Å². The van der Waals surface area contributed by atoms with E-state index in [1.165, 1.54) is 17.4 Å². The Balaban J connectivity index is 1.47. The first-order valence-corrected chi connectivity index (χ1v) is 9.04. The van der Waals surface area contributed by atoms with Crippen LogP contribution in [0.5, 0.6) is 0 Å². The van der Waals surface area contributed by atoms with Crippen LogP contribution in [0, 0.1) is 5.82 Å². The smallest absolute Gasteiger partial charge is 0.274 e. The summed E-state index contributed by atoms with van der Waals surface area (Å²) in [6.07, 6.45) is 0. The van der Waals surface area contributed by atoms with E-state index < -0.39 is 0 Å². The summed E-state index contributed by atoms with van der Waals surface area (Å²) in [4.78, 5) is 16.9. The molecule has 0 saturated carbocycles. The number of carbonyl (C=O) groups excluding carboxylic acids is 1. The highest BCUT2D eigenvalue weighted by atomic mass is 32.1. The number of aromatic nitrogens is 4. The molecule has 0 aliphatic rings. The van der Waals surface area contributed by atoms with Crippen molar-refractivity contribution in [1.82, 2.24) is 25.7 Å². The van der Waals surface area contributed by atoms with Crippen LogP contribution in [-0.4, -0.2) is 26.3 Å². The Morgan fingerprint density at radius 3 is 2.67 bits per heavy atom. The molecular weight excluding hydrogens is 365 g/mol. The van der Waals surface area contributed by atoms with Crippen molar-refractivity contribution in [3.63, 3.8) is 0 Å². The molecule has 0 spiro atoms. The van der Waals surface area contributed by atoms with Gasteiger partial charge < -0.3 is 5.32 Å². The van der Waals surface area contributed by atoms with E-state index in [0.717, 1.165) is 5.56 Å². The predicted octanol–water partition coefficient (Wildman–Crippen LogP) is 3.66. The third-order valence-electron chi connectivity index (χ3n) is 3.91. The number of nitrogens with one attached hydrogen (secondary N) is 2. The van der Waals surface area contributed by atoms with Crippen LogP contribution in [0.25, 0.3) is 22.5 Å². The van der Waals surface area contributed by atoms with Gasteiger partial charge in [0, 0.05) is 16.5 Å². The Kier molecular flexibility index (Phi) is 4.71. The first-order valence-electron chi connectivity index (χ1n) is 8.16. The highest BCUT2D eigenvalue weighted by Crippen LogP contribution is 2.24. The van der Waals surface area contributed by atoms with E-state index >= 15 is 0 Å². The van der Waals surface area contributed by atoms with E-state index in [-0.39, 0.29) is 24.0 Å². The van der Waals surface area contributed by atoms with Crippen LogP contribution in [0.15, 0.2) is 60.0 Å². The van der Waals surface area contributed by atoms with Crippen LogP contribution in [0.4, 0.5) is 4.39 Å². The highest BCUT2D eigenvalue weighted by molar-refractivity contribution is 7.09. The largest absolute Gasteiger partial charge is 0.344 e. The van der Waals surface area contributed by atoms with Crippen molar-refractivity contribution < 1.29 is 9.18 Å². The molecule has 2 aromatic heterocycles. The van der Waals surface area contributed by atoms with E-state index in [4.69, 9.17) is 0 Å². The summed E-state index contributed by atoms with van der Waals surface area (Å²) in [7, 11) is 0. The van der Waals surface area contributed by atoms with Crippen molar-refractivity contribution >= 4 is 17.2 Å². The van der Waals surface area contributed by atoms with Gasteiger partial charge in [-0.25, -0.2) is 9.37 Å². The molecule has 0 unspecified atom stereocenters. The van der Waals surface area contributed by atoms with E-state index in [2.05, 4.69) is 25.7 Å². The molecule has 2 aromatic carbocycles. The molecular formula is C19H14FN5OS. The lowest BCUT2D eigenvalue weighted by Crippen LogP contribution is -2.23. The number of thiazole rings is 1. The Morgan fingerprint density at radius 1 is 1.07 bits per heavy atom. The lowest BCUT2D eigenvalue weighted by atomic mass is 10.1. The van der Waals surface area contributed by atoms with Gasteiger partial charge in [-0.05, 0) is 12.1 Å². The standard InChI is InChI=1S/C19H14FN5OS/c20-14-9-5-4-8-13(14)15-11-27-16(22-15)10-21-19(26)18-17(23-25-24-18)12-6-2-1-3-7-12/h1-9,11H,10H2,(H,21,26)(H,23,24,25). The van der Waals surface area contributed by atoms with Crippen molar-refractivity contribution in [2.75, 3.05) is 0 Å². The average molecular weight is 379 g/mol. The summed E-state index contributed by atoms with van der Waals surface area (Å²) in [5.41, 5.74) is 2.49. The summed E-state index contributed by atoms with van der Waals surface area (Å²) in [5.74, 6) is -0.682. The van der Waals surface area contributed by atoms with Gasteiger partial charge in [-0.1, -0.05) is 42.5 Å². The topological polar surface area (TPSA) is 83.6 Å². The summed E-state index contributed by atoms with van der Waals surface area (Å²) >= 11 is 1.36. The Morgan fingerprint density at radius 2 is 1.85 bits per heavy atom. The summed E-state index contributed by atoms with van der Waals surface area (Å²) in [6, 6.07) is 15.8. The molecule has 134 valence electrons. The molecule has 0 aliphatic heterocycles. The number of H-pyrrole nitrogens is 1. The molecule has 0 bridgehead atoms. The third kappa shape index (κ3) is 3.61. The maximum atomic E-state index is 13.9. The molecule has 0 radical (unpaired) electrons. The van der Waals surface area contributed by atoms with Crippen LogP contribution in [-0.2, 0) is 6.54 Å². The first kappa shape index (κ1) is 17.0. The fourth-order valence-electron chi connectivity index (χ4n) is 2.61.